The molecule has 1 atom stereocenters. The lowest BCUT2D eigenvalue weighted by molar-refractivity contribution is -0.137. The van der Waals surface area contributed by atoms with Gasteiger partial charge in [-0.25, -0.2) is 4.79 Å². The van der Waals surface area contributed by atoms with E-state index in [4.69, 9.17) is 20.3 Å². The van der Waals surface area contributed by atoms with Crippen molar-refractivity contribution in [2.24, 2.45) is 0 Å². The first kappa shape index (κ1) is 20.6. The van der Waals surface area contributed by atoms with Gasteiger partial charge in [0.1, 0.15) is 11.4 Å². The van der Waals surface area contributed by atoms with E-state index < -0.39 is 23.7 Å². The molecule has 0 aliphatic carbocycles. The van der Waals surface area contributed by atoms with E-state index in [1.54, 1.807) is 39.0 Å². The molecule has 0 aliphatic rings. The number of carboxylic acids is 1. The van der Waals surface area contributed by atoms with Crippen molar-refractivity contribution < 1.29 is 24.2 Å². The van der Waals surface area contributed by atoms with Gasteiger partial charge in [0.05, 0.1) is 12.5 Å². The fourth-order valence-electron chi connectivity index (χ4n) is 2.25. The van der Waals surface area contributed by atoms with Gasteiger partial charge in [0.15, 0.2) is 0 Å². The number of ether oxygens (including phenoxy) is 2. The van der Waals surface area contributed by atoms with E-state index >= 15 is 0 Å². The molecule has 0 aromatic heterocycles. The molecule has 0 bridgehead atoms. The molecule has 7 nitrogen and oxygen atoms in total. The number of carbonyl (C=O) groups excluding carboxylic acids is 1. The third kappa shape index (κ3) is 8.28. The number of nitrogens with two attached hydrogens (primary N) is 1. The molecule has 0 saturated heterocycles. The summed E-state index contributed by atoms with van der Waals surface area (Å²) in [5.41, 5.74) is 6.44. The quantitative estimate of drug-likeness (QED) is 0.651. The van der Waals surface area contributed by atoms with Gasteiger partial charge >= 0.3 is 12.1 Å². The first-order valence-corrected chi connectivity index (χ1v) is 8.22. The molecule has 0 saturated carbocycles. The van der Waals surface area contributed by atoms with E-state index in [1.807, 2.05) is 13.8 Å². The number of aliphatic carboxylic acids is 1. The number of nitrogens with one attached hydrogen (secondary N) is 1. The van der Waals surface area contributed by atoms with Crippen LogP contribution in [-0.4, -0.2) is 34.9 Å². The standard InChI is InChI=1S/C18H28N2O5/c1-11(2)24-15-7-6-13(19)8-12(15)9-14(10-16(21)22)20-17(23)25-18(3,4)5/h6-8,11,14H,9-10,19H2,1-5H3,(H,20,23)(H,21,22)/t14-/m0/s1. The van der Waals surface area contributed by atoms with E-state index in [2.05, 4.69) is 5.32 Å². The van der Waals surface area contributed by atoms with Crippen LogP contribution in [0.4, 0.5) is 10.5 Å². The van der Waals surface area contributed by atoms with E-state index in [0.717, 1.165) is 5.56 Å². The number of alkyl carbamates (subject to hydrolysis) is 1. The van der Waals surface area contributed by atoms with Gasteiger partial charge in [-0.05, 0) is 64.8 Å². The van der Waals surface area contributed by atoms with Gasteiger partial charge in [0.2, 0.25) is 0 Å². The molecule has 0 spiro atoms. The highest BCUT2D eigenvalue weighted by atomic mass is 16.6. The second kappa shape index (κ2) is 8.60. The highest BCUT2D eigenvalue weighted by Crippen LogP contribution is 2.25. The van der Waals surface area contributed by atoms with Gasteiger partial charge < -0.3 is 25.6 Å². The summed E-state index contributed by atoms with van der Waals surface area (Å²) < 4.78 is 11.0. The van der Waals surface area contributed by atoms with Crippen LogP contribution in [0.2, 0.25) is 0 Å². The van der Waals surface area contributed by atoms with Gasteiger partial charge in [-0.2, -0.15) is 0 Å². The zero-order valence-electron chi connectivity index (χ0n) is 15.5. The average molecular weight is 352 g/mol. The molecule has 4 N–H and O–H groups in total. The Morgan fingerprint density at radius 1 is 1.28 bits per heavy atom. The Morgan fingerprint density at radius 2 is 1.92 bits per heavy atom. The summed E-state index contributed by atoms with van der Waals surface area (Å²) in [6.45, 7) is 9.02. The molecule has 25 heavy (non-hydrogen) atoms. The number of carboxylic acid groups (broad SMARTS) is 1. The minimum Gasteiger partial charge on any atom is -0.491 e. The van der Waals surface area contributed by atoms with Crippen molar-refractivity contribution in [3.63, 3.8) is 0 Å². The largest absolute Gasteiger partial charge is 0.491 e. The maximum atomic E-state index is 12.0. The summed E-state index contributed by atoms with van der Waals surface area (Å²) in [7, 11) is 0. The van der Waals surface area contributed by atoms with E-state index in [-0.39, 0.29) is 18.9 Å². The SMILES string of the molecule is CC(C)Oc1ccc(N)cc1C[C@@H](CC(=O)O)NC(=O)OC(C)(C)C. The number of hydrogen-bond donors (Lipinski definition) is 3. The third-order valence-electron chi connectivity index (χ3n) is 3.06. The number of carbonyl (C=O) groups is 2. The van der Waals surface area contributed by atoms with E-state index in [9.17, 15) is 9.59 Å². The minimum atomic E-state index is -1.02. The highest BCUT2D eigenvalue weighted by Gasteiger charge is 2.23. The van der Waals surface area contributed by atoms with Gasteiger partial charge in [-0.3, -0.25) is 4.79 Å². The number of rotatable bonds is 7. The Bertz CT molecular complexity index is 608. The van der Waals surface area contributed by atoms with Crippen LogP contribution in [0.1, 0.15) is 46.6 Å². The fraction of sp³-hybridized carbons (Fsp3) is 0.556. The summed E-state index contributed by atoms with van der Waals surface area (Å²) in [6, 6.07) is 4.54. The van der Waals surface area contributed by atoms with Crippen LogP contribution in [0.25, 0.3) is 0 Å². The van der Waals surface area contributed by atoms with Crippen LogP contribution < -0.4 is 15.8 Å². The molecule has 0 unspecified atom stereocenters. The highest BCUT2D eigenvalue weighted by molar-refractivity contribution is 5.71. The monoisotopic (exact) mass is 352 g/mol. The lowest BCUT2D eigenvalue weighted by Crippen LogP contribution is -2.41. The maximum absolute atomic E-state index is 12.0. The topological polar surface area (TPSA) is 111 Å². The second-order valence-corrected chi connectivity index (χ2v) is 7.18. The molecule has 1 rings (SSSR count). The van der Waals surface area contributed by atoms with Crippen molar-refractivity contribution >= 4 is 17.7 Å². The lowest BCUT2D eigenvalue weighted by Gasteiger charge is -2.24. The van der Waals surface area contributed by atoms with Crippen LogP contribution in [0.15, 0.2) is 18.2 Å². The number of benzene rings is 1. The van der Waals surface area contributed by atoms with Crippen LogP contribution >= 0.6 is 0 Å². The molecule has 7 heteroatoms. The van der Waals surface area contributed by atoms with Gasteiger partial charge in [-0.1, -0.05) is 0 Å². The molecule has 0 aliphatic heterocycles. The Hall–Kier alpha value is -2.44. The Kier molecular flexibility index (Phi) is 7.09. The van der Waals surface area contributed by atoms with Crippen molar-refractivity contribution in [1.82, 2.24) is 5.32 Å². The van der Waals surface area contributed by atoms with Crippen molar-refractivity contribution in [3.05, 3.63) is 23.8 Å². The van der Waals surface area contributed by atoms with Crippen LogP contribution in [0, 0.1) is 0 Å². The van der Waals surface area contributed by atoms with E-state index in [0.29, 0.717) is 11.4 Å². The predicted octanol–water partition coefficient (Wildman–Crippen LogP) is 2.97. The molecule has 1 aromatic rings. The van der Waals surface area contributed by atoms with Gasteiger partial charge in [0.25, 0.3) is 0 Å². The minimum absolute atomic E-state index is 0.0425. The summed E-state index contributed by atoms with van der Waals surface area (Å²) in [4.78, 5) is 23.1. The van der Waals surface area contributed by atoms with Crippen molar-refractivity contribution in [2.75, 3.05) is 5.73 Å². The Labute approximate surface area is 148 Å². The van der Waals surface area contributed by atoms with Crippen molar-refractivity contribution in [2.45, 2.75) is 65.2 Å². The molecule has 0 radical (unpaired) electrons. The summed E-state index contributed by atoms with van der Waals surface area (Å²) in [6.07, 6.45) is -0.679. The normalized spacial score (nSPS) is 12.6. The fourth-order valence-corrected chi connectivity index (χ4v) is 2.25. The number of amides is 1. The summed E-state index contributed by atoms with van der Waals surface area (Å²) >= 11 is 0. The van der Waals surface area contributed by atoms with Gasteiger partial charge in [0, 0.05) is 11.7 Å². The number of nitrogen functional groups attached to an aromatic ring is 1. The molecule has 1 amide bonds. The Morgan fingerprint density at radius 3 is 2.44 bits per heavy atom. The summed E-state index contributed by atoms with van der Waals surface area (Å²) in [5, 5.41) is 11.7. The van der Waals surface area contributed by atoms with Crippen LogP contribution in [-0.2, 0) is 16.0 Å². The molecule has 1 aromatic carbocycles. The molecule has 0 fully saturated rings. The molecular weight excluding hydrogens is 324 g/mol. The van der Waals surface area contributed by atoms with E-state index in [1.165, 1.54) is 0 Å². The van der Waals surface area contributed by atoms with Crippen molar-refractivity contribution in [3.8, 4) is 5.75 Å². The van der Waals surface area contributed by atoms with Crippen LogP contribution in [0.3, 0.4) is 0 Å². The average Bonchev–Trinajstić information content (AvgIpc) is 2.38. The zero-order chi connectivity index (χ0) is 19.2. The zero-order valence-corrected chi connectivity index (χ0v) is 15.5. The van der Waals surface area contributed by atoms with Gasteiger partial charge in [-0.15, -0.1) is 0 Å². The number of anilines is 1. The lowest BCUT2D eigenvalue weighted by atomic mass is 10.0. The first-order valence-electron chi connectivity index (χ1n) is 8.22. The predicted molar refractivity (Wildman–Crippen MR) is 95.7 cm³/mol. The van der Waals surface area contributed by atoms with Crippen LogP contribution in [0.5, 0.6) is 5.75 Å². The first-order chi connectivity index (χ1) is 11.5. The third-order valence-corrected chi connectivity index (χ3v) is 3.06. The number of hydrogen-bond acceptors (Lipinski definition) is 5. The maximum Gasteiger partial charge on any atom is 0.407 e. The second-order valence-electron chi connectivity index (χ2n) is 7.18. The van der Waals surface area contributed by atoms with Crippen molar-refractivity contribution in [1.29, 1.82) is 0 Å². The molecule has 0 heterocycles. The molecular formula is C18H28N2O5. The molecule has 140 valence electrons. The Balaban J connectivity index is 2.96. The summed E-state index contributed by atoms with van der Waals surface area (Å²) in [5.74, 6) is -0.401. The smallest absolute Gasteiger partial charge is 0.407 e.